The number of rotatable bonds is 4. The minimum absolute atomic E-state index is 0.0106. The monoisotopic (exact) mass is 358 g/mol. The Balaban J connectivity index is 1.72. The van der Waals surface area contributed by atoms with Crippen LogP contribution in [0.15, 0.2) is 36.7 Å². The van der Waals surface area contributed by atoms with Gasteiger partial charge in [0.05, 0.1) is 13.1 Å². The van der Waals surface area contributed by atoms with Crippen LogP contribution >= 0.6 is 11.3 Å². The molecule has 0 spiro atoms. The molecule has 25 heavy (non-hydrogen) atoms. The number of piperidine rings is 1. The number of likely N-dealkylation sites (tertiary alicyclic amines) is 1. The summed E-state index contributed by atoms with van der Waals surface area (Å²) in [4.78, 5) is 18.5. The number of primary amides is 1. The van der Waals surface area contributed by atoms with Crippen LogP contribution in [0.4, 0.5) is 0 Å². The summed E-state index contributed by atoms with van der Waals surface area (Å²) in [7, 11) is 0. The van der Waals surface area contributed by atoms with E-state index in [1.807, 2.05) is 18.2 Å². The number of thiazole rings is 1. The van der Waals surface area contributed by atoms with Crippen molar-refractivity contribution in [3.8, 4) is 5.88 Å². The molecule has 1 aromatic carbocycles. The van der Waals surface area contributed by atoms with Crippen LogP contribution in [-0.2, 0) is 4.79 Å². The fourth-order valence-electron chi connectivity index (χ4n) is 3.66. The van der Waals surface area contributed by atoms with Gasteiger partial charge in [-0.05, 0) is 0 Å². The van der Waals surface area contributed by atoms with Crippen molar-refractivity contribution in [2.24, 2.45) is 11.7 Å². The zero-order valence-corrected chi connectivity index (χ0v) is 14.4. The Bertz CT molecular complexity index is 883. The van der Waals surface area contributed by atoms with Gasteiger partial charge in [-0.2, -0.15) is 9.61 Å². The topological polar surface area (TPSA) is 98.0 Å². The van der Waals surface area contributed by atoms with Gasteiger partial charge >= 0.3 is 0 Å². The van der Waals surface area contributed by atoms with E-state index in [2.05, 4.69) is 22.2 Å². The van der Waals surface area contributed by atoms with Crippen LogP contribution in [0.25, 0.3) is 4.96 Å². The van der Waals surface area contributed by atoms with Crippen molar-refractivity contribution in [2.45, 2.75) is 18.9 Å². The Kier molecular flexibility index (Phi) is 4.14. The van der Waals surface area contributed by atoms with Crippen molar-refractivity contribution in [3.05, 3.63) is 47.1 Å². The third kappa shape index (κ3) is 2.87. The number of hydrogen-bond donors (Lipinski definition) is 3. The molecule has 1 amide bonds. The number of carbonyl (C=O) groups is 1. The van der Waals surface area contributed by atoms with E-state index in [1.54, 1.807) is 0 Å². The summed E-state index contributed by atoms with van der Waals surface area (Å²) in [6.07, 6.45) is 2.99. The Hall–Kier alpha value is -2.45. The first-order chi connectivity index (χ1) is 12.1. The molecule has 1 atom stereocenters. The van der Waals surface area contributed by atoms with Gasteiger partial charge in [0.25, 0.3) is 0 Å². The van der Waals surface area contributed by atoms with Crippen molar-refractivity contribution < 1.29 is 14.8 Å². The first-order valence-electron chi connectivity index (χ1n) is 8.35. The summed E-state index contributed by atoms with van der Waals surface area (Å²) in [5.41, 5.74) is 6.60. The quantitative estimate of drug-likeness (QED) is 0.627. The minimum Gasteiger partial charge on any atom is -0.492 e. The second-order valence-electron chi connectivity index (χ2n) is 6.42. The largest absolute Gasteiger partial charge is 0.492 e. The Morgan fingerprint density at radius 2 is 2.04 bits per heavy atom. The van der Waals surface area contributed by atoms with E-state index in [9.17, 15) is 9.90 Å². The number of nitrogens with zero attached hydrogens (tertiary/aromatic N) is 3. The number of fused-ring (bicyclic) bond motifs is 1. The van der Waals surface area contributed by atoms with Crippen molar-refractivity contribution >= 4 is 22.2 Å². The molecule has 0 unspecified atom stereocenters. The second kappa shape index (κ2) is 6.45. The van der Waals surface area contributed by atoms with Gasteiger partial charge in [0.15, 0.2) is 6.04 Å². The van der Waals surface area contributed by atoms with Crippen LogP contribution in [0.3, 0.4) is 0 Å². The molecule has 4 rings (SSSR count). The fourth-order valence-corrected chi connectivity index (χ4v) is 4.78. The van der Waals surface area contributed by atoms with Crippen molar-refractivity contribution in [3.63, 3.8) is 0 Å². The van der Waals surface area contributed by atoms with E-state index in [1.165, 1.54) is 27.1 Å². The van der Waals surface area contributed by atoms with Gasteiger partial charge in [-0.25, -0.2) is 4.98 Å². The van der Waals surface area contributed by atoms with Crippen molar-refractivity contribution in [2.75, 3.05) is 13.1 Å². The van der Waals surface area contributed by atoms with E-state index < -0.39 is 0 Å². The number of aromatic hydroxyl groups is 1. The molecule has 7 nitrogen and oxygen atoms in total. The predicted octanol–water partition coefficient (Wildman–Crippen LogP) is 0.366. The van der Waals surface area contributed by atoms with Gasteiger partial charge in [0, 0.05) is 24.3 Å². The van der Waals surface area contributed by atoms with Crippen LogP contribution in [0.5, 0.6) is 5.88 Å². The first kappa shape index (κ1) is 16.0. The molecule has 1 aliphatic rings. The normalized spacial score (nSPS) is 22.1. The highest BCUT2D eigenvalue weighted by Crippen LogP contribution is 2.34. The summed E-state index contributed by atoms with van der Waals surface area (Å²) < 4.78 is 1.48. The molecule has 130 valence electrons. The number of amides is 1. The van der Waals surface area contributed by atoms with Gasteiger partial charge in [-0.15, -0.1) is 0 Å². The number of nitrogens with two attached hydrogens (primary N) is 1. The lowest BCUT2D eigenvalue weighted by atomic mass is 9.93. The van der Waals surface area contributed by atoms with Crippen LogP contribution < -0.4 is 10.6 Å². The Morgan fingerprint density at radius 3 is 2.68 bits per heavy atom. The Morgan fingerprint density at radius 1 is 1.32 bits per heavy atom. The number of carbonyl (C=O) groups excluding carboxylic acids is 1. The SMILES string of the molecule is NC(=O)C1CC[NH+]([C@@H](c2ccccc2)c2sc3ncnn3c2O)CC1. The number of aromatic nitrogens is 3. The van der Waals surface area contributed by atoms with E-state index in [4.69, 9.17) is 5.73 Å². The summed E-state index contributed by atoms with van der Waals surface area (Å²) in [6, 6.07) is 10.1. The lowest BCUT2D eigenvalue weighted by Gasteiger charge is -2.33. The van der Waals surface area contributed by atoms with Gasteiger partial charge in [0.1, 0.15) is 11.2 Å². The lowest BCUT2D eigenvalue weighted by Crippen LogP contribution is -3.13. The fraction of sp³-hybridized carbons (Fsp3) is 0.353. The third-order valence-corrected chi connectivity index (χ3v) is 6.07. The molecule has 3 heterocycles. The number of quaternary nitrogens is 1. The van der Waals surface area contributed by atoms with E-state index in [-0.39, 0.29) is 23.7 Å². The first-order valence-corrected chi connectivity index (χ1v) is 9.17. The third-order valence-electron chi connectivity index (χ3n) is 4.97. The minimum atomic E-state index is -0.211. The molecule has 2 aromatic heterocycles. The average molecular weight is 358 g/mol. The van der Waals surface area contributed by atoms with Gasteiger partial charge in [0.2, 0.25) is 16.7 Å². The molecule has 1 saturated heterocycles. The molecular formula is C17H20N5O2S+. The van der Waals surface area contributed by atoms with Crippen LogP contribution in [-0.4, -0.2) is 38.7 Å². The maximum Gasteiger partial charge on any atom is 0.235 e. The zero-order valence-electron chi connectivity index (χ0n) is 13.6. The molecule has 1 aliphatic heterocycles. The molecule has 3 aromatic rings. The standard InChI is InChI=1S/C17H19N5O2S/c18-15(23)12-6-8-21(9-7-12)13(11-4-2-1-3-5-11)14-16(24)22-17(25-14)19-10-20-22/h1-5,10,12-13,24H,6-9H2,(H2,18,23)/p+1/t13-/m0/s1. The maximum absolute atomic E-state index is 11.5. The van der Waals surface area contributed by atoms with Crippen LogP contribution in [0, 0.1) is 5.92 Å². The summed E-state index contributed by atoms with van der Waals surface area (Å²) in [5, 5.41) is 14.8. The van der Waals surface area contributed by atoms with E-state index >= 15 is 0 Å². The highest BCUT2D eigenvalue weighted by atomic mass is 32.1. The lowest BCUT2D eigenvalue weighted by molar-refractivity contribution is -0.930. The maximum atomic E-state index is 11.5. The van der Waals surface area contributed by atoms with Gasteiger partial charge in [-0.1, -0.05) is 41.7 Å². The second-order valence-corrected chi connectivity index (χ2v) is 7.43. The van der Waals surface area contributed by atoms with Crippen molar-refractivity contribution in [1.29, 1.82) is 0 Å². The molecule has 8 heteroatoms. The molecule has 0 saturated carbocycles. The highest BCUT2D eigenvalue weighted by molar-refractivity contribution is 7.17. The number of nitrogens with one attached hydrogen (secondary N) is 1. The van der Waals surface area contributed by atoms with Crippen LogP contribution in [0.2, 0.25) is 0 Å². The summed E-state index contributed by atoms with van der Waals surface area (Å²) >= 11 is 1.46. The molecule has 0 radical (unpaired) electrons. The molecule has 0 bridgehead atoms. The number of hydrogen-bond acceptors (Lipinski definition) is 5. The molecule has 4 N–H and O–H groups in total. The highest BCUT2D eigenvalue weighted by Gasteiger charge is 2.36. The molecule has 1 fully saturated rings. The van der Waals surface area contributed by atoms with Crippen LogP contribution in [0.1, 0.15) is 29.3 Å². The van der Waals surface area contributed by atoms with Crippen molar-refractivity contribution in [1.82, 2.24) is 14.6 Å². The average Bonchev–Trinajstić information content (AvgIpc) is 3.21. The smallest absolute Gasteiger partial charge is 0.235 e. The Labute approximate surface area is 148 Å². The zero-order chi connectivity index (χ0) is 17.4. The van der Waals surface area contributed by atoms with Gasteiger partial charge < -0.3 is 15.7 Å². The summed E-state index contributed by atoms with van der Waals surface area (Å²) in [6.45, 7) is 1.67. The number of benzene rings is 1. The van der Waals surface area contributed by atoms with Gasteiger partial charge in [-0.3, -0.25) is 4.79 Å². The summed E-state index contributed by atoms with van der Waals surface area (Å²) in [5.74, 6) is -0.107. The molecule has 0 aliphatic carbocycles. The molecular weight excluding hydrogens is 338 g/mol. The van der Waals surface area contributed by atoms with E-state index in [0.717, 1.165) is 36.4 Å². The predicted molar refractivity (Wildman–Crippen MR) is 93.4 cm³/mol. The van der Waals surface area contributed by atoms with E-state index in [0.29, 0.717) is 4.96 Å².